The maximum absolute atomic E-state index is 12.6. The van der Waals surface area contributed by atoms with Gasteiger partial charge in [-0.1, -0.05) is 24.3 Å². The molecule has 0 fully saturated rings. The van der Waals surface area contributed by atoms with Crippen LogP contribution >= 0.6 is 0 Å². The lowest BCUT2D eigenvalue weighted by Crippen LogP contribution is -2.27. The number of aryl methyl sites for hydroxylation is 1. The molecule has 0 aliphatic heterocycles. The Hall–Kier alpha value is -2.49. The molecule has 0 aromatic heterocycles. The number of ether oxygens (including phenoxy) is 2. The molecule has 4 heteroatoms. The van der Waals surface area contributed by atoms with Gasteiger partial charge >= 0.3 is 0 Å². The molecule has 0 unspecified atom stereocenters. The molecule has 0 heterocycles. The van der Waals surface area contributed by atoms with E-state index in [1.165, 1.54) is 11.1 Å². The maximum atomic E-state index is 12.6. The van der Waals surface area contributed by atoms with E-state index in [1.54, 1.807) is 32.4 Å². The fourth-order valence-electron chi connectivity index (χ4n) is 2.93. The zero-order valence-corrected chi connectivity index (χ0v) is 12.8. The molecule has 1 atom stereocenters. The van der Waals surface area contributed by atoms with Crippen LogP contribution in [0.15, 0.2) is 42.5 Å². The van der Waals surface area contributed by atoms with E-state index in [0.29, 0.717) is 17.1 Å². The number of nitrogens with one attached hydrogen (secondary N) is 1. The molecule has 1 aliphatic carbocycles. The van der Waals surface area contributed by atoms with Crippen LogP contribution in [0.4, 0.5) is 0 Å². The van der Waals surface area contributed by atoms with Crippen molar-refractivity contribution >= 4 is 5.91 Å². The molecule has 0 radical (unpaired) electrons. The van der Waals surface area contributed by atoms with Crippen molar-refractivity contribution < 1.29 is 14.3 Å². The summed E-state index contributed by atoms with van der Waals surface area (Å²) in [4.78, 5) is 12.6. The van der Waals surface area contributed by atoms with Crippen molar-refractivity contribution in [3.8, 4) is 11.5 Å². The first-order chi connectivity index (χ1) is 10.7. The number of benzene rings is 2. The van der Waals surface area contributed by atoms with Crippen molar-refractivity contribution in [2.45, 2.75) is 18.9 Å². The lowest BCUT2D eigenvalue weighted by molar-refractivity contribution is 0.0933. The summed E-state index contributed by atoms with van der Waals surface area (Å²) >= 11 is 0. The Morgan fingerprint density at radius 2 is 1.95 bits per heavy atom. The maximum Gasteiger partial charge on any atom is 0.255 e. The summed E-state index contributed by atoms with van der Waals surface area (Å²) in [6.07, 6.45) is 1.93. The van der Waals surface area contributed by atoms with Crippen LogP contribution < -0.4 is 14.8 Å². The topological polar surface area (TPSA) is 47.6 Å². The van der Waals surface area contributed by atoms with E-state index >= 15 is 0 Å². The predicted octanol–water partition coefficient (Wildman–Crippen LogP) is 3.12. The lowest BCUT2D eigenvalue weighted by atomic mass is 10.1. The highest BCUT2D eigenvalue weighted by atomic mass is 16.5. The molecule has 2 aromatic rings. The minimum absolute atomic E-state index is 0.0653. The van der Waals surface area contributed by atoms with Crippen LogP contribution in [0.5, 0.6) is 11.5 Å². The Kier molecular flexibility index (Phi) is 4.00. The zero-order valence-electron chi connectivity index (χ0n) is 12.8. The van der Waals surface area contributed by atoms with Gasteiger partial charge in [0.15, 0.2) is 0 Å². The molecule has 1 aliphatic rings. The molecule has 0 saturated heterocycles. The van der Waals surface area contributed by atoms with Gasteiger partial charge < -0.3 is 14.8 Å². The van der Waals surface area contributed by atoms with Crippen molar-refractivity contribution in [2.24, 2.45) is 0 Å². The minimum Gasteiger partial charge on any atom is -0.497 e. The van der Waals surface area contributed by atoms with Crippen molar-refractivity contribution in [2.75, 3.05) is 14.2 Å². The molecule has 0 spiro atoms. The van der Waals surface area contributed by atoms with Crippen LogP contribution in [0.2, 0.25) is 0 Å². The number of carbonyl (C=O) groups excluding carboxylic acids is 1. The average molecular weight is 297 g/mol. The van der Waals surface area contributed by atoms with Gasteiger partial charge in [-0.2, -0.15) is 0 Å². The van der Waals surface area contributed by atoms with Crippen LogP contribution in [0.1, 0.15) is 33.9 Å². The number of amides is 1. The van der Waals surface area contributed by atoms with E-state index in [0.717, 1.165) is 12.8 Å². The van der Waals surface area contributed by atoms with E-state index in [9.17, 15) is 4.79 Å². The molecule has 1 N–H and O–H groups in total. The third kappa shape index (κ3) is 2.64. The smallest absolute Gasteiger partial charge is 0.255 e. The van der Waals surface area contributed by atoms with Gasteiger partial charge in [0, 0.05) is 6.07 Å². The first-order valence-corrected chi connectivity index (χ1v) is 7.33. The predicted molar refractivity (Wildman–Crippen MR) is 84.5 cm³/mol. The molecule has 2 aromatic carbocycles. The normalized spacial score (nSPS) is 16.0. The summed E-state index contributed by atoms with van der Waals surface area (Å²) < 4.78 is 10.5. The number of methoxy groups -OCH3 is 2. The van der Waals surface area contributed by atoms with Crippen molar-refractivity contribution in [1.82, 2.24) is 5.32 Å². The van der Waals surface area contributed by atoms with Gasteiger partial charge in [0.1, 0.15) is 11.5 Å². The summed E-state index contributed by atoms with van der Waals surface area (Å²) in [5.74, 6) is 1.06. The summed E-state index contributed by atoms with van der Waals surface area (Å²) in [6.45, 7) is 0. The van der Waals surface area contributed by atoms with E-state index in [2.05, 4.69) is 17.4 Å². The van der Waals surface area contributed by atoms with Crippen molar-refractivity contribution in [3.05, 3.63) is 59.2 Å². The number of hydrogen-bond acceptors (Lipinski definition) is 3. The van der Waals surface area contributed by atoms with Gasteiger partial charge in [-0.3, -0.25) is 4.79 Å². The van der Waals surface area contributed by atoms with Crippen LogP contribution in [0, 0.1) is 0 Å². The Balaban J connectivity index is 1.81. The standard InChI is InChI=1S/C18H19NO3/c1-21-13-8-9-15(17(11-13)22-2)18(20)19-16-10-7-12-5-3-4-6-14(12)16/h3-6,8-9,11,16H,7,10H2,1-2H3,(H,19,20)/t16-/m1/s1. The number of rotatable bonds is 4. The summed E-state index contributed by atoms with van der Waals surface area (Å²) in [5, 5.41) is 3.10. The molecule has 22 heavy (non-hydrogen) atoms. The largest absolute Gasteiger partial charge is 0.497 e. The highest BCUT2D eigenvalue weighted by Crippen LogP contribution is 2.32. The highest BCUT2D eigenvalue weighted by Gasteiger charge is 2.24. The van der Waals surface area contributed by atoms with Crippen LogP contribution in [0.3, 0.4) is 0 Å². The molecule has 114 valence electrons. The highest BCUT2D eigenvalue weighted by molar-refractivity contribution is 5.97. The van der Waals surface area contributed by atoms with Gasteiger partial charge in [0.2, 0.25) is 0 Å². The monoisotopic (exact) mass is 297 g/mol. The second-order valence-corrected chi connectivity index (χ2v) is 5.33. The molecule has 1 amide bonds. The van der Waals surface area contributed by atoms with Crippen LogP contribution in [0.25, 0.3) is 0 Å². The third-order valence-corrected chi connectivity index (χ3v) is 4.09. The third-order valence-electron chi connectivity index (χ3n) is 4.09. The van der Waals surface area contributed by atoms with E-state index in [4.69, 9.17) is 9.47 Å². The fraction of sp³-hybridized carbons (Fsp3) is 0.278. The first-order valence-electron chi connectivity index (χ1n) is 7.33. The second kappa shape index (κ2) is 6.10. The van der Waals surface area contributed by atoms with E-state index in [1.807, 2.05) is 12.1 Å². The Morgan fingerprint density at radius 1 is 1.14 bits per heavy atom. The number of fused-ring (bicyclic) bond motifs is 1. The van der Waals surface area contributed by atoms with Crippen LogP contribution in [-0.2, 0) is 6.42 Å². The van der Waals surface area contributed by atoms with Crippen LogP contribution in [-0.4, -0.2) is 20.1 Å². The first kappa shape index (κ1) is 14.4. The van der Waals surface area contributed by atoms with Gasteiger partial charge in [-0.15, -0.1) is 0 Å². The average Bonchev–Trinajstić information content (AvgIpc) is 2.97. The van der Waals surface area contributed by atoms with Crippen molar-refractivity contribution in [3.63, 3.8) is 0 Å². The minimum atomic E-state index is -0.124. The number of hydrogen-bond donors (Lipinski definition) is 1. The molecule has 4 nitrogen and oxygen atoms in total. The zero-order chi connectivity index (χ0) is 15.5. The fourth-order valence-corrected chi connectivity index (χ4v) is 2.93. The lowest BCUT2D eigenvalue weighted by Gasteiger charge is -2.16. The Bertz CT molecular complexity index is 696. The summed E-state index contributed by atoms with van der Waals surface area (Å²) in [6, 6.07) is 13.5. The van der Waals surface area contributed by atoms with Gasteiger partial charge in [0.25, 0.3) is 5.91 Å². The van der Waals surface area contributed by atoms with E-state index < -0.39 is 0 Å². The van der Waals surface area contributed by atoms with Gasteiger partial charge in [-0.05, 0) is 36.1 Å². The number of carbonyl (C=O) groups is 1. The second-order valence-electron chi connectivity index (χ2n) is 5.33. The summed E-state index contributed by atoms with van der Waals surface area (Å²) in [5.41, 5.74) is 3.05. The molecular weight excluding hydrogens is 278 g/mol. The van der Waals surface area contributed by atoms with Gasteiger partial charge in [0.05, 0.1) is 25.8 Å². The van der Waals surface area contributed by atoms with E-state index in [-0.39, 0.29) is 11.9 Å². The Morgan fingerprint density at radius 3 is 2.73 bits per heavy atom. The van der Waals surface area contributed by atoms with Gasteiger partial charge in [-0.25, -0.2) is 0 Å². The molecule has 0 bridgehead atoms. The van der Waals surface area contributed by atoms with Crippen molar-refractivity contribution in [1.29, 1.82) is 0 Å². The quantitative estimate of drug-likeness (QED) is 0.943. The molecule has 3 rings (SSSR count). The molecular formula is C18H19NO3. The summed E-state index contributed by atoms with van der Waals surface area (Å²) in [7, 11) is 3.14. The molecule has 0 saturated carbocycles. The Labute approximate surface area is 130 Å². The SMILES string of the molecule is COc1ccc(C(=O)N[C@@H]2CCc3ccccc32)c(OC)c1.